The number of aliphatic carboxylic acids is 1. The van der Waals surface area contributed by atoms with Crippen molar-refractivity contribution in [2.75, 3.05) is 0 Å². The molecule has 54 valence electrons. The summed E-state index contributed by atoms with van der Waals surface area (Å²) in [6, 6.07) is 0. The van der Waals surface area contributed by atoms with E-state index in [2.05, 4.69) is 0 Å². The smallest absolute Gasteiger partial charge is 0.303 e. The fourth-order valence-corrected chi connectivity index (χ4v) is 0.365. The third-order valence-electron chi connectivity index (χ3n) is 0.927. The lowest BCUT2D eigenvalue weighted by Gasteiger charge is -2.04. The van der Waals surface area contributed by atoms with Gasteiger partial charge in [-0.3, -0.25) is 4.79 Å². The summed E-state index contributed by atoms with van der Waals surface area (Å²) < 4.78 is 23.1. The van der Waals surface area contributed by atoms with Crippen molar-refractivity contribution in [3.63, 3.8) is 0 Å². The van der Waals surface area contributed by atoms with Crippen LogP contribution < -0.4 is 0 Å². The maximum atomic E-state index is 11.5. The van der Waals surface area contributed by atoms with Gasteiger partial charge >= 0.3 is 5.97 Å². The Labute approximate surface area is 51.5 Å². The van der Waals surface area contributed by atoms with Crippen LogP contribution in [0.25, 0.3) is 0 Å². The van der Waals surface area contributed by atoms with Crippen LogP contribution in [0.2, 0.25) is 0 Å². The first-order valence-corrected chi connectivity index (χ1v) is 2.54. The summed E-state index contributed by atoms with van der Waals surface area (Å²) in [7, 11) is 0. The van der Waals surface area contributed by atoms with Crippen LogP contribution in [0.5, 0.6) is 0 Å². The third-order valence-corrected chi connectivity index (χ3v) is 0.927. The van der Waals surface area contributed by atoms with E-state index >= 15 is 0 Å². The van der Waals surface area contributed by atoms with Crippen LogP contribution in [-0.4, -0.2) is 17.5 Å². The van der Waals surface area contributed by atoms with Gasteiger partial charge in [-0.25, -0.2) is 8.78 Å². The Kier molecular flexibility index (Phi) is 3.12. The zero-order valence-electron chi connectivity index (χ0n) is 4.97. The van der Waals surface area contributed by atoms with Crippen molar-refractivity contribution in [3.05, 3.63) is 0 Å². The van der Waals surface area contributed by atoms with E-state index in [1.807, 2.05) is 0 Å². The summed E-state index contributed by atoms with van der Waals surface area (Å²) in [5, 5.41) is 8.00. The third kappa shape index (κ3) is 3.88. The first-order chi connectivity index (χ1) is 4.04. The molecule has 0 aromatic rings. The molecule has 0 aliphatic carbocycles. The van der Waals surface area contributed by atoms with Gasteiger partial charge < -0.3 is 5.11 Å². The topological polar surface area (TPSA) is 37.3 Å². The lowest BCUT2D eigenvalue weighted by molar-refractivity contribution is -0.139. The zero-order chi connectivity index (χ0) is 7.44. The maximum absolute atomic E-state index is 11.5. The fraction of sp³-hybridized carbons (Fsp3) is 0.800. The first kappa shape index (κ1) is 8.33. The summed E-state index contributed by atoms with van der Waals surface area (Å²) in [5.74, 6) is -2.22. The molecule has 0 aliphatic heterocycles. The summed E-state index contributed by atoms with van der Waals surface area (Å²) in [4.78, 5) is 9.78. The predicted octanol–water partition coefficient (Wildman–Crippen LogP) is 1.36. The second-order valence-corrected chi connectivity index (χ2v) is 1.91. The molecule has 0 bridgehead atoms. The summed E-state index contributed by atoms with van der Waals surface area (Å²) in [6.45, 7) is 1.21. The molecule has 1 N–H and O–H groups in total. The lowest BCUT2D eigenvalue weighted by atomic mass is 10.1. The molecular weight excluding hydrogens is 130 g/mol. The Morgan fingerprint density at radius 2 is 2.11 bits per heavy atom. The summed E-state index contributed by atoms with van der Waals surface area (Å²) in [6.07, 6.45) is -2.99. The standard InChI is InChI=1S/C5H8F2O2/c1-3(5(6)7)2-4(8)9/h3,5H,2H2,1H3,(H,8,9). The van der Waals surface area contributed by atoms with Gasteiger partial charge in [0.25, 0.3) is 0 Å². The van der Waals surface area contributed by atoms with Gasteiger partial charge in [-0.2, -0.15) is 0 Å². The largest absolute Gasteiger partial charge is 0.481 e. The van der Waals surface area contributed by atoms with Crippen LogP contribution in [0.1, 0.15) is 13.3 Å². The molecule has 0 fully saturated rings. The number of rotatable bonds is 3. The quantitative estimate of drug-likeness (QED) is 0.639. The van der Waals surface area contributed by atoms with Gasteiger partial charge in [0.15, 0.2) is 0 Å². The molecule has 1 unspecified atom stereocenters. The van der Waals surface area contributed by atoms with Gasteiger partial charge in [0.1, 0.15) is 0 Å². The highest BCUT2D eigenvalue weighted by Gasteiger charge is 2.17. The molecule has 0 aromatic heterocycles. The van der Waals surface area contributed by atoms with Crippen LogP contribution in [0.4, 0.5) is 8.78 Å². The van der Waals surface area contributed by atoms with Gasteiger partial charge in [0.2, 0.25) is 6.43 Å². The van der Waals surface area contributed by atoms with E-state index in [0.717, 1.165) is 0 Å². The van der Waals surface area contributed by atoms with E-state index in [9.17, 15) is 13.6 Å². The molecule has 0 heterocycles. The van der Waals surface area contributed by atoms with Crippen molar-refractivity contribution in [2.24, 2.45) is 5.92 Å². The Morgan fingerprint density at radius 3 is 2.22 bits per heavy atom. The van der Waals surface area contributed by atoms with Crippen molar-refractivity contribution >= 4 is 5.97 Å². The summed E-state index contributed by atoms with van der Waals surface area (Å²) in [5.41, 5.74) is 0. The molecule has 0 aliphatic rings. The van der Waals surface area contributed by atoms with E-state index < -0.39 is 24.7 Å². The number of alkyl halides is 2. The fourth-order valence-electron chi connectivity index (χ4n) is 0.365. The van der Waals surface area contributed by atoms with Crippen LogP contribution in [-0.2, 0) is 4.79 Å². The van der Waals surface area contributed by atoms with Crippen molar-refractivity contribution in [1.82, 2.24) is 0 Å². The van der Waals surface area contributed by atoms with E-state index in [1.54, 1.807) is 0 Å². The molecule has 1 atom stereocenters. The summed E-state index contributed by atoms with van der Waals surface area (Å²) >= 11 is 0. The monoisotopic (exact) mass is 138 g/mol. The second kappa shape index (κ2) is 3.37. The van der Waals surface area contributed by atoms with Crippen molar-refractivity contribution in [1.29, 1.82) is 0 Å². The van der Waals surface area contributed by atoms with E-state index in [4.69, 9.17) is 5.11 Å². The average Bonchev–Trinajstić information content (AvgIpc) is 1.63. The number of carboxylic acid groups (broad SMARTS) is 1. The Balaban J connectivity index is 3.50. The zero-order valence-corrected chi connectivity index (χ0v) is 4.97. The molecule has 0 rings (SSSR count). The highest BCUT2D eigenvalue weighted by molar-refractivity contribution is 5.66. The van der Waals surface area contributed by atoms with Crippen LogP contribution in [0.3, 0.4) is 0 Å². The Hall–Kier alpha value is -0.670. The first-order valence-electron chi connectivity index (χ1n) is 2.54. The Bertz CT molecular complexity index is 103. The highest BCUT2D eigenvalue weighted by Crippen LogP contribution is 2.11. The molecule has 0 aromatic carbocycles. The van der Waals surface area contributed by atoms with Gasteiger partial charge in [0, 0.05) is 5.92 Å². The molecule has 0 amide bonds. The Morgan fingerprint density at radius 1 is 1.67 bits per heavy atom. The lowest BCUT2D eigenvalue weighted by Crippen LogP contribution is -2.11. The minimum absolute atomic E-state index is 0.461. The number of hydrogen-bond donors (Lipinski definition) is 1. The number of carbonyl (C=O) groups is 1. The SMILES string of the molecule is CC(CC(=O)O)C(F)F. The minimum Gasteiger partial charge on any atom is -0.481 e. The van der Waals surface area contributed by atoms with Crippen LogP contribution in [0, 0.1) is 5.92 Å². The molecule has 4 heteroatoms. The number of halogens is 2. The molecule has 0 spiro atoms. The minimum atomic E-state index is -2.53. The van der Waals surface area contributed by atoms with E-state index in [0.29, 0.717) is 0 Å². The van der Waals surface area contributed by atoms with E-state index in [-0.39, 0.29) is 0 Å². The number of carboxylic acids is 1. The van der Waals surface area contributed by atoms with E-state index in [1.165, 1.54) is 6.92 Å². The molecule has 9 heavy (non-hydrogen) atoms. The van der Waals surface area contributed by atoms with Crippen LogP contribution in [0.15, 0.2) is 0 Å². The molecular formula is C5H8F2O2. The predicted molar refractivity (Wildman–Crippen MR) is 27.4 cm³/mol. The highest BCUT2D eigenvalue weighted by atomic mass is 19.3. The van der Waals surface area contributed by atoms with Crippen molar-refractivity contribution in [3.8, 4) is 0 Å². The maximum Gasteiger partial charge on any atom is 0.303 e. The average molecular weight is 138 g/mol. The molecule has 2 nitrogen and oxygen atoms in total. The molecule has 0 radical (unpaired) electrons. The van der Waals surface area contributed by atoms with Gasteiger partial charge in [-0.1, -0.05) is 6.92 Å². The normalized spacial score (nSPS) is 13.8. The second-order valence-electron chi connectivity index (χ2n) is 1.91. The van der Waals surface area contributed by atoms with Gasteiger partial charge in [-0.15, -0.1) is 0 Å². The molecule has 0 saturated heterocycles. The van der Waals surface area contributed by atoms with Gasteiger partial charge in [-0.05, 0) is 0 Å². The van der Waals surface area contributed by atoms with Crippen molar-refractivity contribution in [2.45, 2.75) is 19.8 Å². The van der Waals surface area contributed by atoms with Gasteiger partial charge in [0.05, 0.1) is 6.42 Å². The van der Waals surface area contributed by atoms with Crippen molar-refractivity contribution < 1.29 is 18.7 Å². The van der Waals surface area contributed by atoms with Crippen LogP contribution >= 0.6 is 0 Å². The molecule has 0 saturated carbocycles. The number of hydrogen-bond acceptors (Lipinski definition) is 1.